The summed E-state index contributed by atoms with van der Waals surface area (Å²) in [5.74, 6) is 0. The fourth-order valence-corrected chi connectivity index (χ4v) is 6.22. The SMILES string of the molecule is c1ccc([S][Al+][S]c2ccccc2)cc1. The average molecular weight is 245 g/mol. The molecule has 72 valence electrons. The molecule has 0 saturated carbocycles. The third kappa shape index (κ3) is 3.97. The Bertz CT molecular complexity index is 349. The molecule has 0 N–H and O–H groups in total. The van der Waals surface area contributed by atoms with Crippen molar-refractivity contribution in [2.24, 2.45) is 0 Å². The molecule has 0 aliphatic rings. The second kappa shape index (κ2) is 6.30. The predicted octanol–water partition coefficient (Wildman–Crippen LogP) is 4.11. The zero-order valence-corrected chi connectivity index (χ0v) is 11.0. The molecule has 0 nitrogen and oxygen atoms in total. The Morgan fingerprint density at radius 1 is 0.600 bits per heavy atom. The van der Waals surface area contributed by atoms with Crippen LogP contribution in [0.25, 0.3) is 0 Å². The Morgan fingerprint density at radius 3 is 1.40 bits per heavy atom. The van der Waals surface area contributed by atoms with Gasteiger partial charge in [0.05, 0.1) is 0 Å². The van der Waals surface area contributed by atoms with E-state index >= 15 is 0 Å². The first-order valence-corrected chi connectivity index (χ1v) is 9.29. The summed E-state index contributed by atoms with van der Waals surface area (Å²) < 4.78 is 0. The second-order valence-corrected chi connectivity index (χ2v) is 8.29. The van der Waals surface area contributed by atoms with Crippen LogP contribution in [0.1, 0.15) is 0 Å². The van der Waals surface area contributed by atoms with Gasteiger partial charge in [-0.1, -0.05) is 0 Å². The van der Waals surface area contributed by atoms with E-state index in [0.717, 1.165) is 0 Å². The molecular weight excluding hydrogens is 235 g/mol. The van der Waals surface area contributed by atoms with E-state index in [1.54, 1.807) is 0 Å². The summed E-state index contributed by atoms with van der Waals surface area (Å²) in [5, 5.41) is 0. The first kappa shape index (κ1) is 11.2. The molecule has 0 bridgehead atoms. The van der Waals surface area contributed by atoms with Crippen molar-refractivity contribution in [2.45, 2.75) is 9.79 Å². The molecule has 0 saturated heterocycles. The Labute approximate surface area is 103 Å². The van der Waals surface area contributed by atoms with Gasteiger partial charge in [-0.05, 0) is 0 Å². The van der Waals surface area contributed by atoms with Gasteiger partial charge in [-0.25, -0.2) is 0 Å². The topological polar surface area (TPSA) is 0 Å². The van der Waals surface area contributed by atoms with E-state index in [4.69, 9.17) is 0 Å². The fraction of sp³-hybridized carbons (Fsp3) is 0. The van der Waals surface area contributed by atoms with E-state index < -0.39 is 0 Å². The summed E-state index contributed by atoms with van der Waals surface area (Å²) in [4.78, 5) is 2.74. The van der Waals surface area contributed by atoms with Crippen molar-refractivity contribution in [2.75, 3.05) is 0 Å². The molecule has 0 fully saturated rings. The quantitative estimate of drug-likeness (QED) is 0.744. The minimum absolute atomic E-state index is 0.334. The molecule has 2 aromatic carbocycles. The third-order valence-corrected chi connectivity index (χ3v) is 7.08. The maximum atomic E-state index is 2.17. The van der Waals surface area contributed by atoms with Gasteiger partial charge < -0.3 is 0 Å². The molecular formula is C12H10AlS2+. The van der Waals surface area contributed by atoms with Gasteiger partial charge in [0.2, 0.25) is 0 Å². The van der Waals surface area contributed by atoms with Crippen molar-refractivity contribution in [3.05, 3.63) is 60.7 Å². The zero-order chi connectivity index (χ0) is 10.3. The van der Waals surface area contributed by atoms with Crippen molar-refractivity contribution in [1.82, 2.24) is 0 Å². The van der Waals surface area contributed by atoms with Gasteiger partial charge in [-0.15, -0.1) is 0 Å². The normalized spacial score (nSPS) is 9.60. The molecule has 2 rings (SSSR count). The molecule has 15 heavy (non-hydrogen) atoms. The Hall–Kier alpha value is -0.328. The van der Waals surface area contributed by atoms with Gasteiger partial charge in [0.15, 0.2) is 0 Å². The molecule has 0 unspecified atom stereocenters. The average Bonchev–Trinajstić information content (AvgIpc) is 2.32. The summed E-state index contributed by atoms with van der Waals surface area (Å²) >= 11 is 0.334. The summed E-state index contributed by atoms with van der Waals surface area (Å²) in [6, 6.07) is 21.2. The van der Waals surface area contributed by atoms with Crippen LogP contribution >= 0.6 is 20.3 Å². The van der Waals surface area contributed by atoms with E-state index in [-0.39, 0.29) is 0 Å². The van der Waals surface area contributed by atoms with Crippen LogP contribution in [-0.2, 0) is 0 Å². The van der Waals surface area contributed by atoms with E-state index in [1.807, 2.05) is 20.3 Å². The van der Waals surface area contributed by atoms with Crippen molar-refractivity contribution < 1.29 is 0 Å². The van der Waals surface area contributed by atoms with Gasteiger partial charge in [-0.3, -0.25) is 0 Å². The first-order chi connectivity index (χ1) is 7.45. The molecule has 0 aromatic heterocycles. The van der Waals surface area contributed by atoms with E-state index in [1.165, 1.54) is 9.79 Å². The van der Waals surface area contributed by atoms with E-state index in [2.05, 4.69) is 60.7 Å². The van der Waals surface area contributed by atoms with Gasteiger partial charge in [0.25, 0.3) is 0 Å². The van der Waals surface area contributed by atoms with Gasteiger partial charge in [0, 0.05) is 0 Å². The fourth-order valence-electron chi connectivity index (χ4n) is 1.13. The molecule has 0 atom stereocenters. The molecule has 0 radical (unpaired) electrons. The minimum atomic E-state index is 0.334. The van der Waals surface area contributed by atoms with Crippen molar-refractivity contribution in [3.63, 3.8) is 0 Å². The van der Waals surface area contributed by atoms with Gasteiger partial charge in [-0.2, -0.15) is 0 Å². The van der Waals surface area contributed by atoms with Crippen molar-refractivity contribution in [3.8, 4) is 0 Å². The maximum absolute atomic E-state index is 2.17. The van der Waals surface area contributed by atoms with Crippen molar-refractivity contribution >= 4 is 33.2 Å². The molecule has 0 aliphatic heterocycles. The summed E-state index contributed by atoms with van der Waals surface area (Å²) in [5.41, 5.74) is 0. The third-order valence-electron chi connectivity index (χ3n) is 1.85. The van der Waals surface area contributed by atoms with Crippen LogP contribution in [0, 0.1) is 0 Å². The summed E-state index contributed by atoms with van der Waals surface area (Å²) in [7, 11) is 3.92. The predicted molar refractivity (Wildman–Crippen MR) is 70.4 cm³/mol. The number of rotatable bonds is 4. The Kier molecular flexibility index (Phi) is 4.69. The monoisotopic (exact) mass is 245 g/mol. The zero-order valence-electron chi connectivity index (χ0n) is 8.17. The van der Waals surface area contributed by atoms with Gasteiger partial charge in [0.1, 0.15) is 0 Å². The van der Waals surface area contributed by atoms with Crippen LogP contribution < -0.4 is 0 Å². The second-order valence-electron chi connectivity index (χ2n) is 2.96. The first-order valence-electron chi connectivity index (χ1n) is 4.70. The van der Waals surface area contributed by atoms with Crippen molar-refractivity contribution in [1.29, 1.82) is 0 Å². The van der Waals surface area contributed by atoms with E-state index in [9.17, 15) is 0 Å². The number of hydrogen-bond donors (Lipinski definition) is 0. The molecule has 0 amide bonds. The molecule has 2 aromatic rings. The van der Waals surface area contributed by atoms with Crippen LogP contribution in [-0.4, -0.2) is 13.0 Å². The molecule has 0 heterocycles. The number of benzene rings is 2. The number of hydrogen-bond acceptors (Lipinski definition) is 2. The van der Waals surface area contributed by atoms with Crippen LogP contribution in [0.5, 0.6) is 0 Å². The van der Waals surface area contributed by atoms with Crippen LogP contribution in [0.4, 0.5) is 0 Å². The van der Waals surface area contributed by atoms with Crippen LogP contribution in [0.3, 0.4) is 0 Å². The molecule has 0 aliphatic carbocycles. The molecule has 3 heteroatoms. The summed E-state index contributed by atoms with van der Waals surface area (Å²) in [6.45, 7) is 0. The standard InChI is InChI=1S/2C6H6S.Al/c2*7-6-4-2-1-3-5-6;/h2*1-5,7H;/q;;+3/p-2. The van der Waals surface area contributed by atoms with Crippen LogP contribution in [0.15, 0.2) is 70.5 Å². The van der Waals surface area contributed by atoms with Gasteiger partial charge >= 0.3 is 104 Å². The van der Waals surface area contributed by atoms with E-state index in [0.29, 0.717) is 13.0 Å². The Balaban J connectivity index is 1.81. The Morgan fingerprint density at radius 2 is 1.00 bits per heavy atom. The van der Waals surface area contributed by atoms with Crippen LogP contribution in [0.2, 0.25) is 0 Å². The summed E-state index contributed by atoms with van der Waals surface area (Å²) in [6.07, 6.45) is 0. The molecule has 0 spiro atoms.